The average Bonchev–Trinajstić information content (AvgIpc) is 3.26. The van der Waals surface area contributed by atoms with E-state index in [-0.39, 0.29) is 5.91 Å². The van der Waals surface area contributed by atoms with Gasteiger partial charge >= 0.3 is 0 Å². The van der Waals surface area contributed by atoms with Gasteiger partial charge in [0.05, 0.1) is 31.1 Å². The van der Waals surface area contributed by atoms with E-state index in [4.69, 9.17) is 27.9 Å². The first-order chi connectivity index (χ1) is 16.1. The first-order valence-corrected chi connectivity index (χ1v) is 11.8. The van der Waals surface area contributed by atoms with Crippen LogP contribution in [0.4, 0.5) is 5.69 Å². The number of ether oxygens (including phenoxy) is 1. The Labute approximate surface area is 204 Å². The van der Waals surface area contributed by atoms with Gasteiger partial charge < -0.3 is 14.4 Å². The number of halogens is 2. The van der Waals surface area contributed by atoms with E-state index in [0.29, 0.717) is 47.9 Å². The molecular weight excluding hydrogens is 481 g/mol. The van der Waals surface area contributed by atoms with Crippen LogP contribution >= 0.6 is 35.1 Å². The van der Waals surface area contributed by atoms with Crippen molar-refractivity contribution in [3.8, 4) is 5.82 Å². The van der Waals surface area contributed by atoms with Crippen molar-refractivity contribution in [2.75, 3.05) is 31.0 Å². The molecule has 0 spiro atoms. The number of hydrogen-bond donors (Lipinski definition) is 1. The number of rotatable bonds is 5. The molecule has 2 aromatic heterocycles. The fourth-order valence-corrected chi connectivity index (χ4v) is 4.99. The van der Waals surface area contributed by atoms with Gasteiger partial charge in [-0.2, -0.15) is 0 Å². The van der Waals surface area contributed by atoms with Gasteiger partial charge in [-0.3, -0.25) is 9.36 Å². The summed E-state index contributed by atoms with van der Waals surface area (Å²) in [6, 6.07) is 13.5. The summed E-state index contributed by atoms with van der Waals surface area (Å²) in [5.74, 6) is 0.524. The molecule has 0 saturated carbocycles. The van der Waals surface area contributed by atoms with Crippen LogP contribution in [0, 0.1) is 0 Å². The summed E-state index contributed by atoms with van der Waals surface area (Å²) in [6.07, 6.45) is 5.09. The molecule has 0 atom stereocenters. The van der Waals surface area contributed by atoms with E-state index >= 15 is 0 Å². The number of nitrogens with zero attached hydrogens (tertiary/aromatic N) is 4. The van der Waals surface area contributed by atoms with Crippen molar-refractivity contribution in [1.29, 1.82) is 0 Å². The van der Waals surface area contributed by atoms with Gasteiger partial charge in [0.1, 0.15) is 5.69 Å². The zero-order valence-electron chi connectivity index (χ0n) is 17.4. The van der Waals surface area contributed by atoms with Gasteiger partial charge in [0, 0.05) is 45.3 Å². The minimum Gasteiger partial charge on any atom is -0.378 e. The van der Waals surface area contributed by atoms with Crippen molar-refractivity contribution in [2.24, 2.45) is 0 Å². The number of hydrogen-bond acceptors (Lipinski definition) is 6. The molecule has 1 aliphatic heterocycles. The van der Waals surface area contributed by atoms with E-state index in [1.165, 1.54) is 18.1 Å². The van der Waals surface area contributed by atoms with Crippen LogP contribution in [0.15, 0.2) is 66.0 Å². The zero-order valence-corrected chi connectivity index (χ0v) is 19.7. The molecule has 0 aliphatic carbocycles. The number of benzene rings is 2. The Morgan fingerprint density at radius 3 is 2.52 bits per heavy atom. The van der Waals surface area contributed by atoms with Crippen LogP contribution in [0.3, 0.4) is 0 Å². The van der Waals surface area contributed by atoms with Crippen LogP contribution in [-0.2, 0) is 4.74 Å². The van der Waals surface area contributed by atoms with Crippen LogP contribution in [0.1, 0.15) is 10.5 Å². The van der Waals surface area contributed by atoms with E-state index in [0.717, 1.165) is 21.5 Å². The molecule has 1 saturated heterocycles. The molecule has 1 amide bonds. The largest absolute Gasteiger partial charge is 0.378 e. The number of carbonyl (C=O) groups is 1. The molecule has 0 bridgehead atoms. The Morgan fingerprint density at radius 2 is 1.79 bits per heavy atom. The minimum absolute atomic E-state index is 0.121. The number of morpholine rings is 1. The lowest BCUT2D eigenvalue weighted by Crippen LogP contribution is -2.41. The van der Waals surface area contributed by atoms with E-state index < -0.39 is 0 Å². The highest BCUT2D eigenvalue weighted by Crippen LogP contribution is 2.29. The van der Waals surface area contributed by atoms with Gasteiger partial charge in [-0.25, -0.2) is 9.97 Å². The third-order valence-corrected chi connectivity index (χ3v) is 6.46. The van der Waals surface area contributed by atoms with Crippen molar-refractivity contribution in [3.63, 3.8) is 0 Å². The summed E-state index contributed by atoms with van der Waals surface area (Å²) < 4.78 is 10.6. The SMILES string of the molecule is O=C(c1cnc(-n2ccc3cc(NSc4cc(Cl)cc(Cl)c4)ccc32)cn1)N1CCOCC1. The molecule has 5 rings (SSSR count). The predicted octanol–water partition coefficient (Wildman–Crippen LogP) is 5.32. The van der Waals surface area contributed by atoms with Crippen LogP contribution in [0.5, 0.6) is 0 Å². The summed E-state index contributed by atoms with van der Waals surface area (Å²) in [5.41, 5.74) is 2.26. The Kier molecular flexibility index (Phi) is 6.41. The molecule has 10 heteroatoms. The summed E-state index contributed by atoms with van der Waals surface area (Å²) in [5, 5.41) is 2.23. The van der Waals surface area contributed by atoms with Gasteiger partial charge in [-0.1, -0.05) is 23.2 Å². The molecular formula is C23H19Cl2N5O2S. The molecule has 0 radical (unpaired) electrons. The molecule has 3 heterocycles. The predicted molar refractivity (Wildman–Crippen MR) is 132 cm³/mol. The van der Waals surface area contributed by atoms with Gasteiger partial charge in [0.15, 0.2) is 5.82 Å². The number of nitrogens with one attached hydrogen (secondary N) is 1. The highest BCUT2D eigenvalue weighted by Gasteiger charge is 2.20. The van der Waals surface area contributed by atoms with Gasteiger partial charge in [0.2, 0.25) is 0 Å². The monoisotopic (exact) mass is 499 g/mol. The Hall–Kier alpha value is -2.78. The molecule has 1 fully saturated rings. The second-order valence-electron chi connectivity index (χ2n) is 7.43. The fraction of sp³-hybridized carbons (Fsp3) is 0.174. The molecule has 0 unspecified atom stereocenters. The van der Waals surface area contributed by atoms with Crippen LogP contribution in [0.25, 0.3) is 16.7 Å². The molecule has 33 heavy (non-hydrogen) atoms. The van der Waals surface area contributed by atoms with Gasteiger partial charge in [-0.15, -0.1) is 0 Å². The fourth-order valence-electron chi connectivity index (χ4n) is 3.60. The third kappa shape index (κ3) is 4.94. The minimum atomic E-state index is -0.121. The lowest BCUT2D eigenvalue weighted by atomic mass is 10.2. The summed E-state index contributed by atoms with van der Waals surface area (Å²) in [7, 11) is 0. The van der Waals surface area contributed by atoms with E-state index in [9.17, 15) is 4.79 Å². The first kappa shape index (κ1) is 22.0. The summed E-state index contributed by atoms with van der Waals surface area (Å²) >= 11 is 13.6. The van der Waals surface area contributed by atoms with Crippen LogP contribution < -0.4 is 4.72 Å². The van der Waals surface area contributed by atoms with E-state index in [1.807, 2.05) is 41.1 Å². The molecule has 1 N–H and O–H groups in total. The molecule has 1 aliphatic rings. The highest BCUT2D eigenvalue weighted by molar-refractivity contribution is 8.00. The second kappa shape index (κ2) is 9.61. The first-order valence-electron chi connectivity index (χ1n) is 10.3. The maximum atomic E-state index is 12.6. The van der Waals surface area contributed by atoms with Gasteiger partial charge in [-0.05, 0) is 54.4 Å². The summed E-state index contributed by atoms with van der Waals surface area (Å²) in [6.45, 7) is 2.25. The van der Waals surface area contributed by atoms with Crippen molar-refractivity contribution in [3.05, 3.63) is 76.8 Å². The Morgan fingerprint density at radius 1 is 1.00 bits per heavy atom. The van der Waals surface area contributed by atoms with Crippen molar-refractivity contribution in [1.82, 2.24) is 19.4 Å². The molecule has 4 aromatic rings. The lowest BCUT2D eigenvalue weighted by Gasteiger charge is -2.26. The normalized spacial score (nSPS) is 13.9. The number of fused-ring (bicyclic) bond motifs is 1. The topological polar surface area (TPSA) is 72.3 Å². The quantitative estimate of drug-likeness (QED) is 0.374. The Balaban J connectivity index is 1.31. The number of aromatic nitrogens is 3. The highest BCUT2D eigenvalue weighted by atomic mass is 35.5. The van der Waals surface area contributed by atoms with Crippen molar-refractivity contribution < 1.29 is 9.53 Å². The molecule has 168 valence electrons. The lowest BCUT2D eigenvalue weighted by molar-refractivity contribution is 0.0298. The van der Waals surface area contributed by atoms with Crippen molar-refractivity contribution in [2.45, 2.75) is 4.90 Å². The van der Waals surface area contributed by atoms with Crippen LogP contribution in [-0.4, -0.2) is 51.6 Å². The number of carbonyl (C=O) groups excluding carboxylic acids is 1. The zero-order chi connectivity index (χ0) is 22.8. The smallest absolute Gasteiger partial charge is 0.274 e. The average molecular weight is 500 g/mol. The maximum absolute atomic E-state index is 12.6. The summed E-state index contributed by atoms with van der Waals surface area (Å²) in [4.78, 5) is 24.1. The third-order valence-electron chi connectivity index (χ3n) is 5.22. The number of anilines is 1. The molecule has 7 nitrogen and oxygen atoms in total. The second-order valence-corrected chi connectivity index (χ2v) is 9.19. The molecule has 2 aromatic carbocycles. The van der Waals surface area contributed by atoms with Crippen molar-refractivity contribution >= 4 is 57.6 Å². The van der Waals surface area contributed by atoms with E-state index in [2.05, 4.69) is 20.8 Å². The maximum Gasteiger partial charge on any atom is 0.274 e. The van der Waals surface area contributed by atoms with Crippen LogP contribution in [0.2, 0.25) is 10.0 Å². The number of amides is 1. The van der Waals surface area contributed by atoms with Gasteiger partial charge in [0.25, 0.3) is 5.91 Å². The Bertz CT molecular complexity index is 1290. The van der Waals surface area contributed by atoms with E-state index in [1.54, 1.807) is 17.2 Å². The standard InChI is InChI=1S/C23H19Cl2N5O2S/c24-16-10-17(25)12-19(11-16)33-28-18-1-2-21-15(9-18)3-4-30(21)22-14-26-20(13-27-22)23(31)29-5-7-32-8-6-29/h1-4,9-14,28H,5-8H2.